The Balaban J connectivity index is 4.21. The predicted molar refractivity (Wildman–Crippen MR) is 61.8 cm³/mol. The lowest BCUT2D eigenvalue weighted by molar-refractivity contribution is -0.132. The lowest BCUT2D eigenvalue weighted by atomic mass is 10.1. The number of carbonyl (C=O) groups excluding carboxylic acids is 1. The fourth-order valence-electron chi connectivity index (χ4n) is 1.40. The fraction of sp³-hybridized carbons (Fsp3) is 0.667. The molecule has 0 radical (unpaired) electrons. The van der Waals surface area contributed by atoms with Crippen LogP contribution in [0, 0.1) is 0 Å². The molecule has 0 rings (SSSR count). The lowest BCUT2D eigenvalue weighted by Gasteiger charge is -2.03. The summed E-state index contributed by atoms with van der Waals surface area (Å²) in [6.45, 7) is 3.60. The Morgan fingerprint density at radius 3 is 2.38 bits per heavy atom. The molecule has 4 nitrogen and oxygen atoms in total. The molecule has 0 aliphatic heterocycles. The van der Waals surface area contributed by atoms with Crippen LogP contribution < -0.4 is 0 Å². The highest BCUT2D eigenvalue weighted by molar-refractivity contribution is 5.86. The van der Waals surface area contributed by atoms with Crippen molar-refractivity contribution in [3.63, 3.8) is 0 Å². The van der Waals surface area contributed by atoms with Crippen LogP contribution in [0.4, 0.5) is 0 Å². The highest BCUT2D eigenvalue weighted by Crippen LogP contribution is 2.15. The Morgan fingerprint density at radius 2 is 1.88 bits per heavy atom. The van der Waals surface area contributed by atoms with E-state index in [9.17, 15) is 9.59 Å². The molecular formula is C12H19NO3. The number of carboxylic acid groups (broad SMARTS) is 1. The van der Waals surface area contributed by atoms with Gasteiger partial charge in [-0.05, 0) is 19.8 Å². The molecule has 0 heterocycles. The summed E-state index contributed by atoms with van der Waals surface area (Å²) in [4.78, 5) is 24.3. The highest BCUT2D eigenvalue weighted by Gasteiger charge is 2.08. The summed E-state index contributed by atoms with van der Waals surface area (Å²) >= 11 is 0. The molecule has 0 saturated heterocycles. The second-order valence-corrected chi connectivity index (χ2v) is 3.74. The van der Waals surface area contributed by atoms with Gasteiger partial charge < -0.3 is 5.11 Å². The molecule has 0 bridgehead atoms. The molecule has 0 aliphatic rings. The minimum atomic E-state index is -1.03. The smallest absolute Gasteiger partial charge is 0.333 e. The quantitative estimate of drug-likeness (QED) is 0.299. The van der Waals surface area contributed by atoms with Crippen molar-refractivity contribution in [2.45, 2.75) is 52.4 Å². The van der Waals surface area contributed by atoms with Gasteiger partial charge in [-0.25, -0.2) is 9.59 Å². The van der Waals surface area contributed by atoms with Crippen molar-refractivity contribution in [1.82, 2.24) is 0 Å². The van der Waals surface area contributed by atoms with Crippen molar-refractivity contribution in [2.75, 3.05) is 0 Å². The molecule has 0 aromatic heterocycles. The van der Waals surface area contributed by atoms with Gasteiger partial charge in [-0.15, -0.1) is 0 Å². The van der Waals surface area contributed by atoms with Crippen LogP contribution in [0.2, 0.25) is 0 Å². The molecule has 90 valence electrons. The van der Waals surface area contributed by atoms with E-state index in [2.05, 4.69) is 11.9 Å². The first-order valence-electron chi connectivity index (χ1n) is 5.64. The van der Waals surface area contributed by atoms with E-state index in [0.29, 0.717) is 12.1 Å². The third-order valence-corrected chi connectivity index (χ3v) is 2.45. The average Bonchev–Trinajstić information content (AvgIpc) is 2.26. The number of carboxylic acids is 1. The van der Waals surface area contributed by atoms with Crippen molar-refractivity contribution in [3.05, 3.63) is 11.3 Å². The summed E-state index contributed by atoms with van der Waals surface area (Å²) in [6, 6.07) is 0. The van der Waals surface area contributed by atoms with Gasteiger partial charge in [-0.2, -0.15) is 4.99 Å². The molecule has 0 unspecified atom stereocenters. The van der Waals surface area contributed by atoms with E-state index in [4.69, 9.17) is 5.11 Å². The average molecular weight is 225 g/mol. The van der Waals surface area contributed by atoms with Crippen molar-refractivity contribution in [3.8, 4) is 0 Å². The standard InChI is InChI=1S/C12H19NO3/c1-3-4-5-6-7-8-11(13-9-14)10(2)12(15)16/h3-8H2,1-2H3,(H,15,16)/b11-10+. The largest absolute Gasteiger partial charge is 0.478 e. The molecule has 1 N–H and O–H groups in total. The van der Waals surface area contributed by atoms with Gasteiger partial charge in [0.05, 0.1) is 11.3 Å². The van der Waals surface area contributed by atoms with Crippen LogP contribution in [-0.2, 0) is 9.59 Å². The number of hydrogen-bond acceptors (Lipinski definition) is 3. The molecule has 0 saturated carbocycles. The number of hydrogen-bond donors (Lipinski definition) is 1. The Bertz CT molecular complexity index is 301. The van der Waals surface area contributed by atoms with Crippen LogP contribution in [0.3, 0.4) is 0 Å². The monoisotopic (exact) mass is 225 g/mol. The summed E-state index contributed by atoms with van der Waals surface area (Å²) in [5.41, 5.74) is 0.484. The maximum absolute atomic E-state index is 10.7. The van der Waals surface area contributed by atoms with Gasteiger partial charge in [-0.1, -0.05) is 32.6 Å². The van der Waals surface area contributed by atoms with E-state index in [1.54, 1.807) is 0 Å². The SMILES string of the molecule is CCCCCCC/C(N=C=O)=C(/C)C(=O)O. The van der Waals surface area contributed by atoms with Crippen LogP contribution in [-0.4, -0.2) is 17.2 Å². The lowest BCUT2D eigenvalue weighted by Crippen LogP contribution is -2.00. The number of allylic oxidation sites excluding steroid dienone is 1. The summed E-state index contributed by atoms with van der Waals surface area (Å²) in [5.74, 6) is -1.03. The van der Waals surface area contributed by atoms with Gasteiger partial charge >= 0.3 is 5.97 Å². The van der Waals surface area contributed by atoms with Gasteiger partial charge in [-0.3, -0.25) is 0 Å². The first-order valence-corrected chi connectivity index (χ1v) is 5.64. The van der Waals surface area contributed by atoms with Crippen LogP contribution in [0.5, 0.6) is 0 Å². The third-order valence-electron chi connectivity index (χ3n) is 2.45. The highest BCUT2D eigenvalue weighted by atomic mass is 16.4. The Kier molecular flexibility index (Phi) is 8.08. The number of isocyanates is 1. The first kappa shape index (κ1) is 14.6. The number of nitrogens with zero attached hydrogens (tertiary/aromatic N) is 1. The van der Waals surface area contributed by atoms with Gasteiger partial charge in [0.2, 0.25) is 6.08 Å². The summed E-state index contributed by atoms with van der Waals surface area (Å²) in [6.07, 6.45) is 7.35. The van der Waals surface area contributed by atoms with Crippen LogP contribution in [0.15, 0.2) is 16.3 Å². The van der Waals surface area contributed by atoms with E-state index < -0.39 is 5.97 Å². The molecule has 0 amide bonds. The number of unbranched alkanes of at least 4 members (excludes halogenated alkanes) is 4. The maximum atomic E-state index is 10.7. The second-order valence-electron chi connectivity index (χ2n) is 3.74. The third kappa shape index (κ3) is 6.14. The molecule has 0 aliphatic carbocycles. The van der Waals surface area contributed by atoms with E-state index in [0.717, 1.165) is 19.3 Å². The predicted octanol–water partition coefficient (Wildman–Crippen LogP) is 3.04. The van der Waals surface area contributed by atoms with Crippen LogP contribution in [0.1, 0.15) is 52.4 Å². The zero-order valence-corrected chi connectivity index (χ0v) is 9.95. The zero-order valence-electron chi connectivity index (χ0n) is 9.95. The molecule has 0 aromatic carbocycles. The Hall–Kier alpha value is -1.41. The normalized spacial score (nSPS) is 11.6. The Labute approximate surface area is 96.1 Å². The minimum Gasteiger partial charge on any atom is -0.478 e. The van der Waals surface area contributed by atoms with E-state index in [1.807, 2.05) is 0 Å². The summed E-state index contributed by atoms with van der Waals surface area (Å²) in [5, 5.41) is 8.77. The molecule has 0 atom stereocenters. The summed E-state index contributed by atoms with van der Waals surface area (Å²) in [7, 11) is 0. The Morgan fingerprint density at radius 1 is 1.25 bits per heavy atom. The molecule has 0 fully saturated rings. The summed E-state index contributed by atoms with van der Waals surface area (Å²) < 4.78 is 0. The topological polar surface area (TPSA) is 66.7 Å². The van der Waals surface area contributed by atoms with Crippen molar-refractivity contribution < 1.29 is 14.7 Å². The number of rotatable bonds is 8. The number of aliphatic imine (C=N–C) groups is 1. The van der Waals surface area contributed by atoms with Gasteiger partial charge in [0, 0.05) is 0 Å². The molecule has 0 aromatic rings. The van der Waals surface area contributed by atoms with Crippen LogP contribution in [0.25, 0.3) is 0 Å². The van der Waals surface area contributed by atoms with Gasteiger partial charge in [0.25, 0.3) is 0 Å². The van der Waals surface area contributed by atoms with E-state index >= 15 is 0 Å². The van der Waals surface area contributed by atoms with E-state index in [1.165, 1.54) is 25.8 Å². The fourth-order valence-corrected chi connectivity index (χ4v) is 1.40. The zero-order chi connectivity index (χ0) is 12.4. The van der Waals surface area contributed by atoms with Crippen molar-refractivity contribution in [1.29, 1.82) is 0 Å². The second kappa shape index (κ2) is 8.86. The first-order chi connectivity index (χ1) is 7.63. The van der Waals surface area contributed by atoms with Crippen molar-refractivity contribution >= 4 is 12.0 Å². The van der Waals surface area contributed by atoms with Gasteiger partial charge in [0.15, 0.2) is 0 Å². The molecule has 4 heteroatoms. The maximum Gasteiger partial charge on any atom is 0.333 e. The number of aliphatic carboxylic acids is 1. The molecule has 16 heavy (non-hydrogen) atoms. The van der Waals surface area contributed by atoms with Gasteiger partial charge in [0.1, 0.15) is 0 Å². The molecular weight excluding hydrogens is 206 g/mol. The van der Waals surface area contributed by atoms with Crippen molar-refractivity contribution in [2.24, 2.45) is 4.99 Å². The molecule has 0 spiro atoms. The van der Waals surface area contributed by atoms with Crippen LogP contribution >= 0.6 is 0 Å². The minimum absolute atomic E-state index is 0.138. The van der Waals surface area contributed by atoms with E-state index in [-0.39, 0.29) is 5.57 Å². The number of carbonyl (C=O) groups is 1.